The molecule has 1 aromatic carbocycles. The Hall–Kier alpha value is -0.820. The van der Waals surface area contributed by atoms with Crippen LogP contribution in [-0.4, -0.2) is 5.11 Å². The maximum Gasteiger partial charge on any atom is 0.109 e. The first-order chi connectivity index (χ1) is 5.27. The van der Waals surface area contributed by atoms with Crippen molar-refractivity contribution in [3.8, 4) is 0 Å². The fourth-order valence-corrected chi connectivity index (χ4v) is 1.20. The minimum atomic E-state index is 0.875. The molecule has 0 aliphatic carbocycles. The van der Waals surface area contributed by atoms with Gasteiger partial charge in [0.05, 0.1) is 0 Å². The molecule has 1 N–H and O–H groups in total. The number of rotatable bonds is 2. The van der Waals surface area contributed by atoms with E-state index in [0.717, 1.165) is 18.6 Å². The van der Waals surface area contributed by atoms with Crippen LogP contribution in [-0.2, 0) is 6.42 Å². The van der Waals surface area contributed by atoms with Gasteiger partial charge in [0.1, 0.15) is 6.61 Å². The van der Waals surface area contributed by atoms with E-state index in [0.29, 0.717) is 0 Å². The molecule has 0 unspecified atom stereocenters. The molecule has 0 fully saturated rings. The molecule has 0 atom stereocenters. The van der Waals surface area contributed by atoms with E-state index in [1.165, 1.54) is 11.1 Å². The maximum absolute atomic E-state index is 8.70. The summed E-state index contributed by atoms with van der Waals surface area (Å²) in [6.45, 7) is 5.32. The second-order valence-corrected chi connectivity index (χ2v) is 2.67. The second kappa shape index (κ2) is 3.54. The van der Waals surface area contributed by atoms with E-state index >= 15 is 0 Å². The van der Waals surface area contributed by atoms with Crippen molar-refractivity contribution in [2.24, 2.45) is 0 Å². The zero-order valence-electron chi connectivity index (χ0n) is 6.96. The molecule has 1 aromatic rings. The van der Waals surface area contributed by atoms with Crippen LogP contribution in [0.15, 0.2) is 18.2 Å². The van der Waals surface area contributed by atoms with Crippen LogP contribution < -0.4 is 0 Å². The van der Waals surface area contributed by atoms with Crippen molar-refractivity contribution in [1.29, 1.82) is 0 Å². The molecular formula is C10H13O. The van der Waals surface area contributed by atoms with Crippen LogP contribution in [0.3, 0.4) is 0 Å². The van der Waals surface area contributed by atoms with Gasteiger partial charge in [0.25, 0.3) is 0 Å². The highest BCUT2D eigenvalue weighted by molar-refractivity contribution is 5.33. The summed E-state index contributed by atoms with van der Waals surface area (Å²) in [6, 6.07) is 5.96. The average Bonchev–Trinajstić information content (AvgIpc) is 2.04. The summed E-state index contributed by atoms with van der Waals surface area (Å²) in [5.41, 5.74) is 3.46. The Morgan fingerprint density at radius 3 is 2.64 bits per heavy atom. The molecule has 1 nitrogen and oxygen atoms in total. The molecule has 59 valence electrons. The third-order valence-electron chi connectivity index (χ3n) is 1.90. The van der Waals surface area contributed by atoms with Gasteiger partial charge in [0.15, 0.2) is 0 Å². The summed E-state index contributed by atoms with van der Waals surface area (Å²) in [5.74, 6) is 0. The molecular weight excluding hydrogens is 136 g/mol. The van der Waals surface area contributed by atoms with Crippen LogP contribution in [0.1, 0.15) is 23.6 Å². The highest BCUT2D eigenvalue weighted by Gasteiger charge is 1.96. The summed E-state index contributed by atoms with van der Waals surface area (Å²) >= 11 is 0. The summed E-state index contributed by atoms with van der Waals surface area (Å²) in [4.78, 5) is 0. The van der Waals surface area contributed by atoms with Crippen molar-refractivity contribution in [3.05, 3.63) is 41.5 Å². The summed E-state index contributed by atoms with van der Waals surface area (Å²) in [7, 11) is 0. The third kappa shape index (κ3) is 1.81. The normalized spacial score (nSPS) is 10.1. The molecule has 0 bridgehead atoms. The molecule has 0 aromatic heterocycles. The first kappa shape index (κ1) is 8.28. The van der Waals surface area contributed by atoms with Crippen molar-refractivity contribution < 1.29 is 5.11 Å². The van der Waals surface area contributed by atoms with Crippen LogP contribution in [0.2, 0.25) is 0 Å². The van der Waals surface area contributed by atoms with Crippen LogP contribution in [0.5, 0.6) is 0 Å². The predicted molar refractivity (Wildman–Crippen MR) is 45.9 cm³/mol. The molecule has 1 radical (unpaired) electrons. The number of hydrogen-bond donors (Lipinski definition) is 1. The van der Waals surface area contributed by atoms with E-state index in [1.54, 1.807) is 0 Å². The molecule has 0 spiro atoms. The molecule has 0 aliphatic rings. The minimum absolute atomic E-state index is 0.875. The lowest BCUT2D eigenvalue weighted by Gasteiger charge is -2.03. The topological polar surface area (TPSA) is 20.2 Å². The van der Waals surface area contributed by atoms with Crippen molar-refractivity contribution in [3.63, 3.8) is 0 Å². The smallest absolute Gasteiger partial charge is 0.109 e. The second-order valence-electron chi connectivity index (χ2n) is 2.67. The zero-order chi connectivity index (χ0) is 8.27. The van der Waals surface area contributed by atoms with Crippen LogP contribution in [0, 0.1) is 13.5 Å². The lowest BCUT2D eigenvalue weighted by molar-refractivity contribution is 0.415. The predicted octanol–water partition coefficient (Wildman–Crippen LogP) is 2.44. The summed E-state index contributed by atoms with van der Waals surface area (Å²) in [6.07, 6.45) is 1.05. The van der Waals surface area contributed by atoms with Crippen LogP contribution >= 0.6 is 0 Å². The van der Waals surface area contributed by atoms with E-state index in [4.69, 9.17) is 5.11 Å². The Balaban J connectivity index is 2.99. The number of benzene rings is 1. The molecule has 0 aliphatic heterocycles. The Kier molecular flexibility index (Phi) is 2.66. The molecule has 1 rings (SSSR count). The molecule has 0 heterocycles. The van der Waals surface area contributed by atoms with Gasteiger partial charge < -0.3 is 5.11 Å². The molecule has 0 saturated carbocycles. The fraction of sp³-hybridized carbons (Fsp3) is 0.300. The van der Waals surface area contributed by atoms with E-state index in [-0.39, 0.29) is 0 Å². The number of aliphatic hydroxyl groups excluding tert-OH is 1. The summed E-state index contributed by atoms with van der Waals surface area (Å²) < 4.78 is 0. The van der Waals surface area contributed by atoms with Crippen molar-refractivity contribution in [2.45, 2.75) is 20.3 Å². The van der Waals surface area contributed by atoms with E-state index < -0.39 is 0 Å². The van der Waals surface area contributed by atoms with Gasteiger partial charge in [-0.2, -0.15) is 0 Å². The van der Waals surface area contributed by atoms with Crippen LogP contribution in [0.25, 0.3) is 0 Å². The lowest BCUT2D eigenvalue weighted by Crippen LogP contribution is -1.88. The van der Waals surface area contributed by atoms with E-state index in [1.807, 2.05) is 12.1 Å². The van der Waals surface area contributed by atoms with Gasteiger partial charge in [-0.1, -0.05) is 25.1 Å². The largest absolute Gasteiger partial charge is 0.385 e. The fourth-order valence-electron chi connectivity index (χ4n) is 1.20. The number of hydrogen-bond acceptors (Lipinski definition) is 1. The molecule has 1 heteroatoms. The minimum Gasteiger partial charge on any atom is -0.385 e. The SMILES string of the molecule is CCc1ccc([CH]O)cc1C. The quantitative estimate of drug-likeness (QED) is 0.684. The highest BCUT2D eigenvalue weighted by atomic mass is 16.3. The Morgan fingerprint density at radius 1 is 1.45 bits per heavy atom. The first-order valence-electron chi connectivity index (χ1n) is 3.85. The number of aryl methyl sites for hydroxylation is 2. The van der Waals surface area contributed by atoms with Gasteiger partial charge in [-0.25, -0.2) is 0 Å². The highest BCUT2D eigenvalue weighted by Crippen LogP contribution is 2.11. The lowest BCUT2D eigenvalue weighted by atomic mass is 10.0. The van der Waals surface area contributed by atoms with Crippen molar-refractivity contribution in [2.75, 3.05) is 0 Å². The van der Waals surface area contributed by atoms with E-state index in [9.17, 15) is 0 Å². The molecule has 0 saturated heterocycles. The Bertz CT molecular complexity index is 241. The summed E-state index contributed by atoms with van der Waals surface area (Å²) in [5, 5.41) is 8.70. The monoisotopic (exact) mass is 149 g/mol. The zero-order valence-corrected chi connectivity index (χ0v) is 6.96. The van der Waals surface area contributed by atoms with Gasteiger partial charge in [-0.05, 0) is 30.0 Å². The van der Waals surface area contributed by atoms with Gasteiger partial charge in [-0.15, -0.1) is 0 Å². The van der Waals surface area contributed by atoms with Crippen LogP contribution in [0.4, 0.5) is 0 Å². The Morgan fingerprint density at radius 2 is 2.18 bits per heavy atom. The van der Waals surface area contributed by atoms with Gasteiger partial charge in [0, 0.05) is 0 Å². The van der Waals surface area contributed by atoms with Gasteiger partial charge in [0.2, 0.25) is 0 Å². The average molecular weight is 149 g/mol. The third-order valence-corrected chi connectivity index (χ3v) is 1.90. The van der Waals surface area contributed by atoms with Crippen molar-refractivity contribution >= 4 is 0 Å². The standard InChI is InChI=1S/C10H13O/c1-3-10-5-4-9(7-11)6-8(10)2/h4-7,11H,3H2,1-2H3. The molecule has 11 heavy (non-hydrogen) atoms. The van der Waals surface area contributed by atoms with Crippen molar-refractivity contribution in [1.82, 2.24) is 0 Å². The Labute approximate surface area is 67.7 Å². The van der Waals surface area contributed by atoms with E-state index in [2.05, 4.69) is 19.9 Å². The van der Waals surface area contributed by atoms with Gasteiger partial charge >= 0.3 is 0 Å². The van der Waals surface area contributed by atoms with Gasteiger partial charge in [-0.3, -0.25) is 0 Å². The first-order valence-corrected chi connectivity index (χ1v) is 3.85. The number of aliphatic hydroxyl groups is 1. The maximum atomic E-state index is 8.70. The molecule has 0 amide bonds.